The lowest BCUT2D eigenvalue weighted by Gasteiger charge is -2.19. The van der Waals surface area contributed by atoms with Gasteiger partial charge in [0.05, 0.1) is 5.56 Å². The van der Waals surface area contributed by atoms with Crippen LogP contribution in [0.2, 0.25) is 0 Å². The van der Waals surface area contributed by atoms with E-state index < -0.39 is 29.3 Å². The van der Waals surface area contributed by atoms with Crippen LogP contribution in [0.1, 0.15) is 36.7 Å². The molecular formula is C13H15F3N2O3. The van der Waals surface area contributed by atoms with E-state index in [1.165, 1.54) is 0 Å². The van der Waals surface area contributed by atoms with Gasteiger partial charge in [0.15, 0.2) is 0 Å². The van der Waals surface area contributed by atoms with Gasteiger partial charge in [0.1, 0.15) is 5.60 Å². The quantitative estimate of drug-likeness (QED) is 0.784. The summed E-state index contributed by atoms with van der Waals surface area (Å²) in [7, 11) is 0. The maximum atomic E-state index is 12.4. The number of hydrogen-bond acceptors (Lipinski definition) is 3. The lowest BCUT2D eigenvalue weighted by Crippen LogP contribution is -2.44. The highest BCUT2D eigenvalue weighted by Gasteiger charge is 2.30. The molecule has 0 aliphatic heterocycles. The average Bonchev–Trinajstić information content (AvgIpc) is 2.33. The highest BCUT2D eigenvalue weighted by Crippen LogP contribution is 2.28. The van der Waals surface area contributed by atoms with Crippen LogP contribution in [0.25, 0.3) is 0 Å². The molecule has 21 heavy (non-hydrogen) atoms. The van der Waals surface area contributed by atoms with Crippen molar-refractivity contribution in [1.29, 1.82) is 0 Å². The second-order valence-electron chi connectivity index (χ2n) is 5.16. The Morgan fingerprint density at radius 1 is 1.00 bits per heavy atom. The van der Waals surface area contributed by atoms with Crippen LogP contribution in [0, 0.1) is 0 Å². The number of carbonyl (C=O) groups excluding carboxylic acids is 2. The van der Waals surface area contributed by atoms with E-state index >= 15 is 0 Å². The van der Waals surface area contributed by atoms with Crippen LogP contribution in [0.3, 0.4) is 0 Å². The number of nitrogens with one attached hydrogen (secondary N) is 2. The van der Waals surface area contributed by atoms with Crippen molar-refractivity contribution in [3.63, 3.8) is 0 Å². The molecule has 0 saturated heterocycles. The van der Waals surface area contributed by atoms with Crippen molar-refractivity contribution in [3.8, 4) is 0 Å². The van der Waals surface area contributed by atoms with E-state index in [2.05, 4.69) is 0 Å². The van der Waals surface area contributed by atoms with E-state index in [0.29, 0.717) is 0 Å². The molecule has 0 fully saturated rings. The van der Waals surface area contributed by atoms with Gasteiger partial charge in [-0.15, -0.1) is 0 Å². The first-order chi connectivity index (χ1) is 9.49. The molecule has 1 aromatic rings. The van der Waals surface area contributed by atoms with Crippen LogP contribution < -0.4 is 10.9 Å². The summed E-state index contributed by atoms with van der Waals surface area (Å²) >= 11 is 0. The van der Waals surface area contributed by atoms with Gasteiger partial charge in [-0.05, 0) is 45.0 Å². The molecule has 0 bridgehead atoms. The molecule has 2 amide bonds. The number of ether oxygens (including phenoxy) is 1. The first kappa shape index (κ1) is 16.8. The summed E-state index contributed by atoms with van der Waals surface area (Å²) in [4.78, 5) is 22.9. The third-order valence-corrected chi connectivity index (χ3v) is 2.15. The maximum absolute atomic E-state index is 12.4. The van der Waals surface area contributed by atoms with E-state index in [4.69, 9.17) is 4.74 Å². The smallest absolute Gasteiger partial charge is 0.426 e. The summed E-state index contributed by atoms with van der Waals surface area (Å²) in [6.45, 7) is 4.93. The summed E-state index contributed by atoms with van der Waals surface area (Å²) in [5.74, 6) is -0.755. The van der Waals surface area contributed by atoms with Gasteiger partial charge in [0, 0.05) is 5.56 Å². The predicted octanol–water partition coefficient (Wildman–Crippen LogP) is 2.87. The first-order valence-electron chi connectivity index (χ1n) is 5.95. The molecule has 0 radical (unpaired) electrons. The van der Waals surface area contributed by atoms with Gasteiger partial charge in [-0.3, -0.25) is 10.2 Å². The van der Waals surface area contributed by atoms with Crippen molar-refractivity contribution in [1.82, 2.24) is 10.9 Å². The summed E-state index contributed by atoms with van der Waals surface area (Å²) in [5, 5.41) is 0. The van der Waals surface area contributed by atoms with Crippen LogP contribution in [0.15, 0.2) is 24.3 Å². The number of hydrogen-bond donors (Lipinski definition) is 2. The van der Waals surface area contributed by atoms with Crippen molar-refractivity contribution in [2.24, 2.45) is 0 Å². The van der Waals surface area contributed by atoms with Gasteiger partial charge in [-0.25, -0.2) is 10.2 Å². The van der Waals surface area contributed by atoms with E-state index in [-0.39, 0.29) is 5.56 Å². The lowest BCUT2D eigenvalue weighted by atomic mass is 10.1. The Balaban J connectivity index is 2.59. The molecule has 0 aliphatic carbocycles. The molecule has 2 N–H and O–H groups in total. The van der Waals surface area contributed by atoms with Gasteiger partial charge in [0.2, 0.25) is 0 Å². The zero-order valence-corrected chi connectivity index (χ0v) is 11.7. The van der Waals surface area contributed by atoms with Crippen molar-refractivity contribution in [2.45, 2.75) is 32.5 Å². The molecule has 0 aliphatic rings. The first-order valence-corrected chi connectivity index (χ1v) is 5.95. The fourth-order valence-corrected chi connectivity index (χ4v) is 1.29. The molecule has 0 saturated carbocycles. The van der Waals surface area contributed by atoms with E-state index in [9.17, 15) is 22.8 Å². The Morgan fingerprint density at radius 2 is 1.52 bits per heavy atom. The Bertz CT molecular complexity index is 519. The topological polar surface area (TPSA) is 67.4 Å². The van der Waals surface area contributed by atoms with Gasteiger partial charge < -0.3 is 4.74 Å². The van der Waals surface area contributed by atoms with Gasteiger partial charge in [0.25, 0.3) is 5.91 Å². The van der Waals surface area contributed by atoms with Gasteiger partial charge >= 0.3 is 12.3 Å². The fraction of sp³-hybridized carbons (Fsp3) is 0.385. The SMILES string of the molecule is CC(C)(C)OC(=O)NNC(=O)c1ccc(C(F)(F)F)cc1. The van der Waals surface area contributed by atoms with Crippen LogP contribution in [0.5, 0.6) is 0 Å². The van der Waals surface area contributed by atoms with Gasteiger partial charge in [-0.1, -0.05) is 0 Å². The van der Waals surface area contributed by atoms with E-state index in [1.807, 2.05) is 10.9 Å². The summed E-state index contributed by atoms with van der Waals surface area (Å²) in [5.41, 5.74) is 2.41. The average molecular weight is 304 g/mol. The molecule has 1 rings (SSSR count). The number of hydrazine groups is 1. The monoisotopic (exact) mass is 304 g/mol. The Kier molecular flexibility index (Phi) is 4.82. The molecule has 0 heterocycles. The van der Waals surface area contributed by atoms with E-state index in [0.717, 1.165) is 24.3 Å². The summed E-state index contributed by atoms with van der Waals surface area (Å²) in [6, 6.07) is 3.58. The number of rotatable bonds is 1. The number of halogens is 3. The zero-order valence-electron chi connectivity index (χ0n) is 11.7. The highest BCUT2D eigenvalue weighted by molar-refractivity contribution is 5.94. The molecule has 1 aromatic carbocycles. The molecular weight excluding hydrogens is 289 g/mol. The third kappa shape index (κ3) is 5.72. The van der Waals surface area contributed by atoms with Crippen LogP contribution in [-0.4, -0.2) is 17.6 Å². The number of carbonyl (C=O) groups is 2. The second-order valence-corrected chi connectivity index (χ2v) is 5.16. The van der Waals surface area contributed by atoms with Crippen molar-refractivity contribution < 1.29 is 27.5 Å². The highest BCUT2D eigenvalue weighted by atomic mass is 19.4. The number of amides is 2. The molecule has 0 aromatic heterocycles. The normalized spacial score (nSPS) is 11.7. The third-order valence-electron chi connectivity index (χ3n) is 2.15. The summed E-state index contributed by atoms with van der Waals surface area (Å²) < 4.78 is 41.9. The van der Waals surface area contributed by atoms with Crippen LogP contribution in [0.4, 0.5) is 18.0 Å². The number of benzene rings is 1. The molecule has 0 atom stereocenters. The van der Waals surface area contributed by atoms with Crippen molar-refractivity contribution in [3.05, 3.63) is 35.4 Å². The second kappa shape index (κ2) is 6.02. The van der Waals surface area contributed by atoms with Crippen LogP contribution >= 0.6 is 0 Å². The summed E-state index contributed by atoms with van der Waals surface area (Å²) in [6.07, 6.45) is -5.34. The number of alkyl halides is 3. The van der Waals surface area contributed by atoms with Crippen LogP contribution in [-0.2, 0) is 10.9 Å². The Morgan fingerprint density at radius 3 is 1.95 bits per heavy atom. The molecule has 5 nitrogen and oxygen atoms in total. The minimum atomic E-state index is -4.47. The van der Waals surface area contributed by atoms with Crippen molar-refractivity contribution in [2.75, 3.05) is 0 Å². The zero-order chi connectivity index (χ0) is 16.3. The molecule has 0 spiro atoms. The largest absolute Gasteiger partial charge is 0.443 e. The molecule has 116 valence electrons. The lowest BCUT2D eigenvalue weighted by molar-refractivity contribution is -0.137. The Labute approximate surface area is 119 Å². The maximum Gasteiger partial charge on any atom is 0.426 e. The van der Waals surface area contributed by atoms with Crippen molar-refractivity contribution >= 4 is 12.0 Å². The van der Waals surface area contributed by atoms with E-state index in [1.54, 1.807) is 20.8 Å². The minimum absolute atomic E-state index is 0.0286. The predicted molar refractivity (Wildman–Crippen MR) is 68.3 cm³/mol. The minimum Gasteiger partial charge on any atom is -0.443 e. The standard InChI is InChI=1S/C13H15F3N2O3/c1-12(2,3)21-11(20)18-17-10(19)8-4-6-9(7-5-8)13(14,15)16/h4-7H,1-3H3,(H,17,19)(H,18,20). The Hall–Kier alpha value is -2.25. The molecule has 0 unspecified atom stereocenters. The molecule has 8 heteroatoms. The van der Waals surface area contributed by atoms with Gasteiger partial charge in [-0.2, -0.15) is 13.2 Å². The fourth-order valence-electron chi connectivity index (χ4n) is 1.29.